The second kappa shape index (κ2) is 6.17. The van der Waals surface area contributed by atoms with Crippen LogP contribution in [0.2, 0.25) is 0 Å². The van der Waals surface area contributed by atoms with E-state index in [1.165, 1.54) is 10.9 Å². The molecule has 0 aliphatic heterocycles. The number of aryl methyl sites for hydroxylation is 1. The Morgan fingerprint density at radius 1 is 1.43 bits per heavy atom. The molecule has 2 aromatic rings. The minimum absolute atomic E-state index is 0.0707. The van der Waals surface area contributed by atoms with Crippen LogP contribution in [0.15, 0.2) is 30.5 Å². The molecular weight excluding hydrogens is 274 g/mol. The first kappa shape index (κ1) is 14.7. The zero-order valence-electron chi connectivity index (χ0n) is 11.8. The Balaban J connectivity index is 2.22. The second-order valence-corrected chi connectivity index (χ2v) is 4.44. The monoisotopic (exact) mass is 289 g/mol. The van der Waals surface area contributed by atoms with Crippen molar-refractivity contribution < 1.29 is 14.5 Å². The average Bonchev–Trinajstić information content (AvgIpc) is 2.80. The number of benzene rings is 1. The Labute approximate surface area is 121 Å². The maximum Gasteiger partial charge on any atom is 0.392 e. The van der Waals surface area contributed by atoms with E-state index in [4.69, 9.17) is 4.74 Å². The Kier molecular flexibility index (Phi) is 4.32. The summed E-state index contributed by atoms with van der Waals surface area (Å²) in [7, 11) is 0. The first-order valence-electron chi connectivity index (χ1n) is 6.46. The topological polar surface area (TPSA) is 87.3 Å². The summed E-state index contributed by atoms with van der Waals surface area (Å²) in [6, 6.07) is 6.91. The predicted octanol–water partition coefficient (Wildman–Crippen LogP) is 2.38. The number of nitrogens with zero attached hydrogens (tertiary/aromatic N) is 3. The highest BCUT2D eigenvalue weighted by Crippen LogP contribution is 2.20. The van der Waals surface area contributed by atoms with Crippen LogP contribution < -0.4 is 4.74 Å². The Bertz CT molecular complexity index is 679. The molecule has 0 saturated heterocycles. The summed E-state index contributed by atoms with van der Waals surface area (Å²) in [6.45, 7) is 3.80. The molecule has 0 unspecified atom stereocenters. The van der Waals surface area contributed by atoms with Crippen molar-refractivity contribution in [2.45, 2.75) is 20.4 Å². The third kappa shape index (κ3) is 3.25. The number of Topliss-reactive ketones (excluding diaryl/α,β-unsaturated/α-hetero) is 1. The van der Waals surface area contributed by atoms with Gasteiger partial charge in [-0.25, -0.2) is 0 Å². The molecular formula is C14H15N3O4. The van der Waals surface area contributed by atoms with Gasteiger partial charge in [-0.2, -0.15) is 4.68 Å². The van der Waals surface area contributed by atoms with Crippen molar-refractivity contribution >= 4 is 11.6 Å². The lowest BCUT2D eigenvalue weighted by Gasteiger charge is -2.08. The van der Waals surface area contributed by atoms with Gasteiger partial charge in [-0.15, -0.1) is 0 Å². The van der Waals surface area contributed by atoms with Crippen molar-refractivity contribution in [3.63, 3.8) is 0 Å². The molecule has 7 nitrogen and oxygen atoms in total. The Morgan fingerprint density at radius 3 is 2.76 bits per heavy atom. The van der Waals surface area contributed by atoms with E-state index < -0.39 is 4.92 Å². The minimum Gasteiger partial charge on any atom is -0.493 e. The Hall–Kier alpha value is -2.70. The number of ether oxygens (including phenoxy) is 1. The van der Waals surface area contributed by atoms with E-state index in [0.717, 1.165) is 0 Å². The molecule has 0 saturated carbocycles. The van der Waals surface area contributed by atoms with Gasteiger partial charge in [0, 0.05) is 0 Å². The van der Waals surface area contributed by atoms with Crippen molar-refractivity contribution in [2.75, 3.05) is 6.61 Å². The maximum absolute atomic E-state index is 12.3. The third-order valence-electron chi connectivity index (χ3n) is 2.88. The van der Waals surface area contributed by atoms with E-state index in [1.807, 2.05) is 6.92 Å². The molecule has 0 amide bonds. The molecule has 0 aliphatic carbocycles. The van der Waals surface area contributed by atoms with Gasteiger partial charge in [0.15, 0.2) is 5.78 Å². The van der Waals surface area contributed by atoms with Crippen LogP contribution in [-0.4, -0.2) is 27.1 Å². The lowest BCUT2D eigenvalue weighted by Crippen LogP contribution is -2.12. The molecule has 0 fully saturated rings. The average molecular weight is 289 g/mol. The third-order valence-corrected chi connectivity index (χ3v) is 2.88. The summed E-state index contributed by atoms with van der Waals surface area (Å²) < 4.78 is 6.68. The van der Waals surface area contributed by atoms with Crippen molar-refractivity contribution in [3.05, 3.63) is 51.7 Å². The summed E-state index contributed by atoms with van der Waals surface area (Å²) in [5.74, 6) is 0.0562. The van der Waals surface area contributed by atoms with E-state index in [0.29, 0.717) is 23.5 Å². The zero-order chi connectivity index (χ0) is 15.4. The maximum atomic E-state index is 12.3. The highest BCUT2D eigenvalue weighted by molar-refractivity contribution is 5.98. The lowest BCUT2D eigenvalue weighted by atomic mass is 10.1. The number of hydrogen-bond donors (Lipinski definition) is 0. The van der Waals surface area contributed by atoms with Crippen LogP contribution in [0, 0.1) is 17.0 Å². The van der Waals surface area contributed by atoms with Crippen LogP contribution >= 0.6 is 0 Å². The second-order valence-electron chi connectivity index (χ2n) is 4.44. The van der Waals surface area contributed by atoms with Crippen LogP contribution in [0.3, 0.4) is 0 Å². The standard InChI is InChI=1S/C14H15N3O4/c1-3-21-13-7-5-4-6-11(13)12(18)9-16-8-10(2)14(15-16)17(19)20/h4-8H,3,9H2,1-2H3. The highest BCUT2D eigenvalue weighted by atomic mass is 16.6. The Morgan fingerprint density at radius 2 is 2.14 bits per heavy atom. The molecule has 110 valence electrons. The fraction of sp³-hybridized carbons (Fsp3) is 0.286. The number of carbonyl (C=O) groups is 1. The summed E-state index contributed by atoms with van der Waals surface area (Å²) in [5, 5.41) is 14.6. The molecule has 1 aromatic carbocycles. The van der Waals surface area contributed by atoms with Gasteiger partial charge in [0.2, 0.25) is 0 Å². The number of nitro groups is 1. The molecule has 1 heterocycles. The van der Waals surface area contributed by atoms with E-state index in [-0.39, 0.29) is 18.1 Å². The number of para-hydroxylation sites is 1. The van der Waals surface area contributed by atoms with Gasteiger partial charge in [-0.1, -0.05) is 12.1 Å². The molecule has 0 aliphatic rings. The lowest BCUT2D eigenvalue weighted by molar-refractivity contribution is -0.390. The molecule has 0 N–H and O–H groups in total. The van der Waals surface area contributed by atoms with Crippen molar-refractivity contribution in [3.8, 4) is 5.75 Å². The molecule has 0 radical (unpaired) electrons. The SMILES string of the molecule is CCOc1ccccc1C(=O)Cn1cc(C)c([N+](=O)[O-])n1. The molecule has 7 heteroatoms. The number of hydrogen-bond acceptors (Lipinski definition) is 5. The first-order valence-corrected chi connectivity index (χ1v) is 6.46. The summed E-state index contributed by atoms with van der Waals surface area (Å²) in [6.07, 6.45) is 1.49. The number of rotatable bonds is 6. The van der Waals surface area contributed by atoms with Crippen LogP contribution in [0.1, 0.15) is 22.8 Å². The number of carbonyl (C=O) groups excluding carboxylic acids is 1. The molecule has 2 rings (SSSR count). The summed E-state index contributed by atoms with van der Waals surface area (Å²) >= 11 is 0. The molecule has 0 bridgehead atoms. The summed E-state index contributed by atoms with van der Waals surface area (Å²) in [4.78, 5) is 22.5. The smallest absolute Gasteiger partial charge is 0.392 e. The van der Waals surface area contributed by atoms with E-state index in [2.05, 4.69) is 5.10 Å². The van der Waals surface area contributed by atoms with E-state index >= 15 is 0 Å². The fourth-order valence-corrected chi connectivity index (χ4v) is 1.98. The predicted molar refractivity (Wildman–Crippen MR) is 75.6 cm³/mol. The number of ketones is 1. The van der Waals surface area contributed by atoms with Crippen molar-refractivity contribution in [1.29, 1.82) is 0 Å². The van der Waals surface area contributed by atoms with Crippen LogP contribution in [0.25, 0.3) is 0 Å². The van der Waals surface area contributed by atoms with Gasteiger partial charge < -0.3 is 14.9 Å². The molecule has 1 aromatic heterocycles. The molecule has 0 spiro atoms. The van der Waals surface area contributed by atoms with Gasteiger partial charge in [-0.05, 0) is 30.9 Å². The first-order chi connectivity index (χ1) is 10.0. The van der Waals surface area contributed by atoms with Crippen LogP contribution in [0.5, 0.6) is 5.75 Å². The van der Waals surface area contributed by atoms with Crippen molar-refractivity contribution in [2.24, 2.45) is 0 Å². The zero-order valence-corrected chi connectivity index (χ0v) is 11.8. The minimum atomic E-state index is -0.565. The number of aromatic nitrogens is 2. The fourth-order valence-electron chi connectivity index (χ4n) is 1.98. The van der Waals surface area contributed by atoms with Gasteiger partial charge in [0.1, 0.15) is 12.3 Å². The van der Waals surface area contributed by atoms with Crippen molar-refractivity contribution in [1.82, 2.24) is 9.78 Å². The van der Waals surface area contributed by atoms with Gasteiger partial charge in [0.05, 0.1) is 29.0 Å². The van der Waals surface area contributed by atoms with Gasteiger partial charge in [-0.3, -0.25) is 4.79 Å². The van der Waals surface area contributed by atoms with E-state index in [9.17, 15) is 14.9 Å². The largest absolute Gasteiger partial charge is 0.493 e. The quantitative estimate of drug-likeness (QED) is 0.463. The highest BCUT2D eigenvalue weighted by Gasteiger charge is 2.20. The summed E-state index contributed by atoms with van der Waals surface area (Å²) in [5.41, 5.74) is 0.862. The van der Waals surface area contributed by atoms with Gasteiger partial charge in [0.25, 0.3) is 0 Å². The van der Waals surface area contributed by atoms with E-state index in [1.54, 1.807) is 31.2 Å². The molecule has 0 atom stereocenters. The van der Waals surface area contributed by atoms with Crippen LogP contribution in [-0.2, 0) is 6.54 Å². The van der Waals surface area contributed by atoms with Crippen LogP contribution in [0.4, 0.5) is 5.82 Å². The molecule has 21 heavy (non-hydrogen) atoms. The van der Waals surface area contributed by atoms with Gasteiger partial charge >= 0.3 is 5.82 Å². The normalized spacial score (nSPS) is 10.4.